The summed E-state index contributed by atoms with van der Waals surface area (Å²) in [6.45, 7) is 5.12. The lowest BCUT2D eigenvalue weighted by atomic mass is 9.92. The first-order valence-electron chi connectivity index (χ1n) is 5.83. The van der Waals surface area contributed by atoms with Gasteiger partial charge in [-0.2, -0.15) is 11.8 Å². The van der Waals surface area contributed by atoms with E-state index in [9.17, 15) is 0 Å². The summed E-state index contributed by atoms with van der Waals surface area (Å²) in [5.41, 5.74) is 8.58. The molecule has 0 amide bonds. The van der Waals surface area contributed by atoms with E-state index >= 15 is 0 Å². The quantitative estimate of drug-likeness (QED) is 0.847. The van der Waals surface area contributed by atoms with Crippen LogP contribution in [-0.4, -0.2) is 23.1 Å². The molecule has 88 valence electrons. The predicted octanol–water partition coefficient (Wildman–Crippen LogP) is 2.63. The van der Waals surface area contributed by atoms with Crippen molar-refractivity contribution >= 4 is 17.4 Å². The second-order valence-corrected chi connectivity index (χ2v) is 6.01. The molecule has 1 heterocycles. The molecule has 0 spiro atoms. The van der Waals surface area contributed by atoms with Crippen molar-refractivity contribution in [2.24, 2.45) is 5.73 Å². The van der Waals surface area contributed by atoms with Crippen molar-refractivity contribution in [2.45, 2.75) is 31.1 Å². The molecule has 0 aromatic heterocycles. The van der Waals surface area contributed by atoms with Gasteiger partial charge in [0.05, 0.1) is 5.54 Å². The van der Waals surface area contributed by atoms with Gasteiger partial charge in [0.25, 0.3) is 0 Å². The van der Waals surface area contributed by atoms with Crippen molar-refractivity contribution in [2.75, 3.05) is 17.6 Å². The predicted molar refractivity (Wildman–Crippen MR) is 73.1 cm³/mol. The molecule has 2 nitrogen and oxygen atoms in total. The van der Waals surface area contributed by atoms with Crippen molar-refractivity contribution in [1.29, 1.82) is 0 Å². The minimum atomic E-state index is 0.0801. The van der Waals surface area contributed by atoms with Gasteiger partial charge in [-0.3, -0.25) is 0 Å². The fourth-order valence-electron chi connectivity index (χ4n) is 2.25. The van der Waals surface area contributed by atoms with E-state index in [1.54, 1.807) is 0 Å². The summed E-state index contributed by atoms with van der Waals surface area (Å²) >= 11 is 2.01. The highest BCUT2D eigenvalue weighted by molar-refractivity contribution is 8.00. The zero-order chi connectivity index (χ0) is 11.6. The first-order chi connectivity index (χ1) is 7.68. The molecule has 1 saturated heterocycles. The molecule has 1 fully saturated rings. The zero-order valence-corrected chi connectivity index (χ0v) is 10.8. The third kappa shape index (κ3) is 2.06. The Kier molecular flexibility index (Phi) is 3.45. The van der Waals surface area contributed by atoms with E-state index < -0.39 is 0 Å². The highest BCUT2D eigenvalue weighted by Crippen LogP contribution is 2.38. The zero-order valence-electron chi connectivity index (χ0n) is 9.99. The molecule has 2 atom stereocenters. The van der Waals surface area contributed by atoms with Gasteiger partial charge in [0.2, 0.25) is 0 Å². The second-order valence-electron chi connectivity index (χ2n) is 4.56. The molecule has 3 heteroatoms. The third-order valence-electron chi connectivity index (χ3n) is 3.59. The standard InChI is InChI=1S/C13H20N2S/c1-10-5-3-4-6-12(10)15-13(9-14)7-8-16-11(13)2/h3-6,11,15H,7-9,14H2,1-2H3. The molecule has 2 unspecified atom stereocenters. The van der Waals surface area contributed by atoms with Gasteiger partial charge < -0.3 is 11.1 Å². The SMILES string of the molecule is Cc1ccccc1NC1(CN)CCSC1C. The molecule has 0 saturated carbocycles. The smallest absolute Gasteiger partial charge is 0.0619 e. The number of para-hydroxylation sites is 1. The van der Waals surface area contributed by atoms with Crippen LogP contribution in [0, 0.1) is 6.92 Å². The van der Waals surface area contributed by atoms with Crippen molar-refractivity contribution in [3.05, 3.63) is 29.8 Å². The lowest BCUT2D eigenvalue weighted by molar-refractivity contribution is 0.479. The first kappa shape index (κ1) is 11.8. The average molecular weight is 236 g/mol. The summed E-state index contributed by atoms with van der Waals surface area (Å²) in [4.78, 5) is 0. The van der Waals surface area contributed by atoms with Gasteiger partial charge >= 0.3 is 0 Å². The second kappa shape index (κ2) is 4.68. The van der Waals surface area contributed by atoms with Crippen molar-refractivity contribution in [1.82, 2.24) is 0 Å². The number of aryl methyl sites for hydroxylation is 1. The number of hydrogen-bond donors (Lipinski definition) is 2. The summed E-state index contributed by atoms with van der Waals surface area (Å²) in [7, 11) is 0. The molecule has 1 aromatic carbocycles. The molecule has 3 N–H and O–H groups in total. The van der Waals surface area contributed by atoms with E-state index in [4.69, 9.17) is 5.73 Å². The fraction of sp³-hybridized carbons (Fsp3) is 0.538. The minimum Gasteiger partial charge on any atom is -0.377 e. The van der Waals surface area contributed by atoms with Gasteiger partial charge in [0.15, 0.2) is 0 Å². The summed E-state index contributed by atoms with van der Waals surface area (Å²) < 4.78 is 0. The maximum absolute atomic E-state index is 5.98. The van der Waals surface area contributed by atoms with Gasteiger partial charge in [-0.15, -0.1) is 0 Å². The Bertz CT molecular complexity index is 367. The first-order valence-corrected chi connectivity index (χ1v) is 6.88. The van der Waals surface area contributed by atoms with Crippen molar-refractivity contribution < 1.29 is 0 Å². The van der Waals surface area contributed by atoms with E-state index in [2.05, 4.69) is 43.4 Å². The number of rotatable bonds is 3. The van der Waals surface area contributed by atoms with Crippen LogP contribution in [0.2, 0.25) is 0 Å². The maximum atomic E-state index is 5.98. The van der Waals surface area contributed by atoms with Crippen LogP contribution >= 0.6 is 11.8 Å². The van der Waals surface area contributed by atoms with Crippen molar-refractivity contribution in [3.63, 3.8) is 0 Å². The Morgan fingerprint density at radius 2 is 2.25 bits per heavy atom. The van der Waals surface area contributed by atoms with Gasteiger partial charge in [0, 0.05) is 17.5 Å². The molecular weight excluding hydrogens is 216 g/mol. The summed E-state index contributed by atoms with van der Waals surface area (Å²) in [6, 6.07) is 8.43. The Balaban J connectivity index is 2.22. The van der Waals surface area contributed by atoms with E-state index in [-0.39, 0.29) is 5.54 Å². The van der Waals surface area contributed by atoms with E-state index in [0.29, 0.717) is 11.8 Å². The largest absolute Gasteiger partial charge is 0.377 e. The van der Waals surface area contributed by atoms with Gasteiger partial charge in [-0.25, -0.2) is 0 Å². The lowest BCUT2D eigenvalue weighted by Crippen LogP contribution is -2.50. The normalized spacial score (nSPS) is 29.3. The Labute approximate surface area is 102 Å². The topological polar surface area (TPSA) is 38.0 Å². The molecule has 1 aliphatic heterocycles. The van der Waals surface area contributed by atoms with E-state index in [1.165, 1.54) is 17.0 Å². The molecule has 0 radical (unpaired) electrons. The summed E-state index contributed by atoms with van der Waals surface area (Å²) in [5, 5.41) is 4.26. The number of nitrogens with one attached hydrogen (secondary N) is 1. The van der Waals surface area contributed by atoms with E-state index in [1.807, 2.05) is 11.8 Å². The number of benzene rings is 1. The molecule has 2 rings (SSSR count). The van der Waals surface area contributed by atoms with Crippen LogP contribution in [0.3, 0.4) is 0 Å². The highest BCUT2D eigenvalue weighted by atomic mass is 32.2. The molecule has 1 aromatic rings. The third-order valence-corrected chi connectivity index (χ3v) is 4.98. The van der Waals surface area contributed by atoms with E-state index in [0.717, 1.165) is 6.42 Å². The Morgan fingerprint density at radius 3 is 2.81 bits per heavy atom. The van der Waals surface area contributed by atoms with Gasteiger partial charge in [0.1, 0.15) is 0 Å². The fourth-order valence-corrected chi connectivity index (χ4v) is 3.67. The summed E-state index contributed by atoms with van der Waals surface area (Å²) in [6.07, 6.45) is 1.16. The van der Waals surface area contributed by atoms with Crippen LogP contribution < -0.4 is 11.1 Å². The van der Waals surface area contributed by atoms with Gasteiger partial charge in [-0.05, 0) is 30.7 Å². The van der Waals surface area contributed by atoms with Crippen LogP contribution in [0.15, 0.2) is 24.3 Å². The number of anilines is 1. The highest BCUT2D eigenvalue weighted by Gasteiger charge is 2.39. The van der Waals surface area contributed by atoms with Gasteiger partial charge in [-0.1, -0.05) is 25.1 Å². The summed E-state index contributed by atoms with van der Waals surface area (Å²) in [5.74, 6) is 1.21. The molecule has 0 bridgehead atoms. The number of hydrogen-bond acceptors (Lipinski definition) is 3. The monoisotopic (exact) mass is 236 g/mol. The lowest BCUT2D eigenvalue weighted by Gasteiger charge is -2.34. The molecule has 0 aliphatic carbocycles. The Hall–Kier alpha value is -0.670. The molecular formula is C13H20N2S. The van der Waals surface area contributed by atoms with Crippen LogP contribution in [-0.2, 0) is 0 Å². The van der Waals surface area contributed by atoms with Crippen LogP contribution in [0.5, 0.6) is 0 Å². The maximum Gasteiger partial charge on any atom is 0.0619 e. The van der Waals surface area contributed by atoms with Crippen LogP contribution in [0.25, 0.3) is 0 Å². The van der Waals surface area contributed by atoms with Crippen molar-refractivity contribution in [3.8, 4) is 0 Å². The average Bonchev–Trinajstić information content (AvgIpc) is 2.64. The number of nitrogens with two attached hydrogens (primary N) is 1. The number of thioether (sulfide) groups is 1. The minimum absolute atomic E-state index is 0.0801. The van der Waals surface area contributed by atoms with Crippen LogP contribution in [0.1, 0.15) is 18.9 Å². The van der Waals surface area contributed by atoms with Crippen LogP contribution in [0.4, 0.5) is 5.69 Å². The molecule has 16 heavy (non-hydrogen) atoms. The Morgan fingerprint density at radius 1 is 1.50 bits per heavy atom. The molecule has 1 aliphatic rings.